The van der Waals surface area contributed by atoms with Crippen LogP contribution < -0.4 is 19.5 Å². The van der Waals surface area contributed by atoms with Crippen molar-refractivity contribution in [2.75, 3.05) is 25.6 Å². The number of benzene rings is 2. The van der Waals surface area contributed by atoms with Crippen molar-refractivity contribution in [3.8, 4) is 17.2 Å². The van der Waals surface area contributed by atoms with E-state index in [0.29, 0.717) is 52.6 Å². The van der Waals surface area contributed by atoms with Gasteiger partial charge in [0.25, 0.3) is 5.91 Å². The van der Waals surface area contributed by atoms with E-state index < -0.39 is 11.9 Å². The molecule has 180 valence electrons. The lowest BCUT2D eigenvalue weighted by atomic mass is 10.2. The molecule has 1 N–H and O–H groups in total. The summed E-state index contributed by atoms with van der Waals surface area (Å²) < 4.78 is 21.8. The van der Waals surface area contributed by atoms with Gasteiger partial charge >= 0.3 is 5.97 Å². The van der Waals surface area contributed by atoms with Crippen LogP contribution in [-0.2, 0) is 11.3 Å². The van der Waals surface area contributed by atoms with Crippen LogP contribution in [-0.4, -0.2) is 42.4 Å². The van der Waals surface area contributed by atoms with Gasteiger partial charge in [0, 0.05) is 5.69 Å². The lowest BCUT2D eigenvalue weighted by Crippen LogP contribution is -2.11. The van der Waals surface area contributed by atoms with Gasteiger partial charge in [-0.3, -0.25) is 4.79 Å². The lowest BCUT2D eigenvalue weighted by Gasteiger charge is -2.14. The maximum atomic E-state index is 12.5. The first kappa shape index (κ1) is 25.0. The maximum Gasteiger partial charge on any atom is 0.338 e. The molecule has 0 unspecified atom stereocenters. The van der Waals surface area contributed by atoms with E-state index in [9.17, 15) is 9.59 Å². The van der Waals surface area contributed by atoms with Crippen molar-refractivity contribution in [3.05, 3.63) is 58.0 Å². The monoisotopic (exact) mass is 485 g/mol. The fraction of sp³-hybridized carbons (Fsp3) is 0.333. The quantitative estimate of drug-likeness (QED) is 0.393. The van der Waals surface area contributed by atoms with Crippen molar-refractivity contribution >= 4 is 28.9 Å². The summed E-state index contributed by atoms with van der Waals surface area (Å²) in [6, 6.07) is 11.8. The molecule has 0 saturated carbocycles. The van der Waals surface area contributed by atoms with Crippen LogP contribution in [0.1, 0.15) is 45.9 Å². The predicted octanol–water partition coefficient (Wildman–Crippen LogP) is 4.59. The van der Waals surface area contributed by atoms with Gasteiger partial charge < -0.3 is 24.3 Å². The molecule has 1 heterocycles. The molecule has 0 aliphatic heterocycles. The second-order valence-electron chi connectivity index (χ2n) is 7.56. The number of anilines is 1. The minimum Gasteiger partial charge on any atom is -0.497 e. The number of amides is 1. The van der Waals surface area contributed by atoms with Crippen LogP contribution >= 0.6 is 11.3 Å². The third-order valence-electron chi connectivity index (χ3n) is 4.39. The van der Waals surface area contributed by atoms with Crippen molar-refractivity contribution in [1.29, 1.82) is 0 Å². The molecule has 34 heavy (non-hydrogen) atoms. The van der Waals surface area contributed by atoms with E-state index in [2.05, 4.69) is 15.5 Å². The minimum absolute atomic E-state index is 0.109. The van der Waals surface area contributed by atoms with Crippen molar-refractivity contribution in [2.24, 2.45) is 5.92 Å². The van der Waals surface area contributed by atoms with Crippen molar-refractivity contribution in [1.82, 2.24) is 10.2 Å². The Morgan fingerprint density at radius 3 is 2.47 bits per heavy atom. The highest BCUT2D eigenvalue weighted by Crippen LogP contribution is 2.29. The topological polar surface area (TPSA) is 109 Å². The lowest BCUT2D eigenvalue weighted by molar-refractivity contribution is 0.0471. The fourth-order valence-corrected chi connectivity index (χ4v) is 3.40. The van der Waals surface area contributed by atoms with Crippen LogP contribution in [0.3, 0.4) is 0 Å². The Labute approximate surface area is 202 Å². The Balaban J connectivity index is 1.58. The number of methoxy groups -OCH3 is 1. The molecule has 2 aromatic carbocycles. The van der Waals surface area contributed by atoms with Gasteiger partial charge in [-0.15, -0.1) is 10.2 Å². The highest BCUT2D eigenvalue weighted by Gasteiger charge is 2.17. The Bertz CT molecular complexity index is 1110. The smallest absolute Gasteiger partial charge is 0.338 e. The molecule has 3 aromatic rings. The van der Waals surface area contributed by atoms with E-state index in [0.717, 1.165) is 11.3 Å². The number of esters is 1. The van der Waals surface area contributed by atoms with E-state index in [1.807, 2.05) is 20.8 Å². The first-order valence-electron chi connectivity index (χ1n) is 10.7. The number of ether oxygens (including phenoxy) is 4. The molecule has 0 fully saturated rings. The molecule has 0 saturated heterocycles. The normalized spacial score (nSPS) is 10.6. The molecule has 0 atom stereocenters. The predicted molar refractivity (Wildman–Crippen MR) is 128 cm³/mol. The van der Waals surface area contributed by atoms with Gasteiger partial charge in [-0.2, -0.15) is 0 Å². The summed E-state index contributed by atoms with van der Waals surface area (Å²) in [5.41, 5.74) is 0.919. The second kappa shape index (κ2) is 12.0. The summed E-state index contributed by atoms with van der Waals surface area (Å²) in [7, 11) is 1.57. The van der Waals surface area contributed by atoms with Crippen LogP contribution in [0.5, 0.6) is 17.2 Å². The molecular formula is C24H27N3O6S. The molecule has 0 radical (unpaired) electrons. The summed E-state index contributed by atoms with van der Waals surface area (Å²) >= 11 is 1.05. The van der Waals surface area contributed by atoms with Gasteiger partial charge in [-0.25, -0.2) is 4.79 Å². The average molecular weight is 486 g/mol. The van der Waals surface area contributed by atoms with Gasteiger partial charge in [0.05, 0.1) is 25.9 Å². The summed E-state index contributed by atoms with van der Waals surface area (Å²) in [4.78, 5) is 24.9. The number of hydrogen-bond acceptors (Lipinski definition) is 9. The van der Waals surface area contributed by atoms with Crippen molar-refractivity contribution in [3.63, 3.8) is 0 Å². The summed E-state index contributed by atoms with van der Waals surface area (Å²) in [6.07, 6.45) is 0. The van der Waals surface area contributed by atoms with Gasteiger partial charge in [0.15, 0.2) is 16.5 Å². The van der Waals surface area contributed by atoms with Gasteiger partial charge in [0.2, 0.25) is 5.01 Å². The minimum atomic E-state index is -0.546. The van der Waals surface area contributed by atoms with Gasteiger partial charge in [-0.05, 0) is 55.3 Å². The second-order valence-corrected chi connectivity index (χ2v) is 8.62. The zero-order chi connectivity index (χ0) is 24.5. The van der Waals surface area contributed by atoms with Crippen LogP contribution in [0.4, 0.5) is 5.69 Å². The zero-order valence-electron chi connectivity index (χ0n) is 19.5. The number of rotatable bonds is 11. The number of nitrogens with one attached hydrogen (secondary N) is 1. The van der Waals surface area contributed by atoms with Crippen LogP contribution in [0.15, 0.2) is 42.5 Å². The van der Waals surface area contributed by atoms with E-state index in [-0.39, 0.29) is 11.6 Å². The molecule has 1 aromatic heterocycles. The van der Waals surface area contributed by atoms with Crippen molar-refractivity contribution < 1.29 is 28.5 Å². The molecule has 3 rings (SSSR count). The van der Waals surface area contributed by atoms with E-state index >= 15 is 0 Å². The first-order valence-corrected chi connectivity index (χ1v) is 11.6. The molecule has 0 spiro atoms. The molecule has 0 aliphatic rings. The van der Waals surface area contributed by atoms with E-state index in [4.69, 9.17) is 18.9 Å². The van der Waals surface area contributed by atoms with Crippen LogP contribution in [0, 0.1) is 5.92 Å². The molecule has 1 amide bonds. The zero-order valence-corrected chi connectivity index (χ0v) is 20.3. The highest BCUT2D eigenvalue weighted by atomic mass is 32.1. The maximum absolute atomic E-state index is 12.5. The number of nitrogens with zero attached hydrogens (tertiary/aromatic N) is 2. The Hall–Kier alpha value is -3.66. The fourth-order valence-electron chi connectivity index (χ4n) is 2.75. The molecule has 10 heteroatoms. The Morgan fingerprint density at radius 1 is 1.03 bits per heavy atom. The van der Waals surface area contributed by atoms with E-state index in [1.165, 1.54) is 0 Å². The average Bonchev–Trinajstić information content (AvgIpc) is 3.31. The van der Waals surface area contributed by atoms with Gasteiger partial charge in [-0.1, -0.05) is 25.2 Å². The molecular weight excluding hydrogens is 458 g/mol. The third kappa shape index (κ3) is 6.92. The summed E-state index contributed by atoms with van der Waals surface area (Å²) in [6.45, 7) is 6.82. The van der Waals surface area contributed by atoms with Crippen LogP contribution in [0.25, 0.3) is 0 Å². The largest absolute Gasteiger partial charge is 0.497 e. The number of hydrogen-bond donors (Lipinski definition) is 1. The SMILES string of the molecule is CCOc1cc(C(=O)OCc2nnc(C(=O)Nc3ccc(OC)cc3)s2)ccc1OCC(C)C. The Morgan fingerprint density at radius 2 is 1.79 bits per heavy atom. The number of carbonyl (C=O) groups is 2. The first-order chi connectivity index (χ1) is 16.4. The Kier molecular flexibility index (Phi) is 8.80. The molecule has 0 aliphatic carbocycles. The van der Waals surface area contributed by atoms with Gasteiger partial charge in [0.1, 0.15) is 12.4 Å². The standard InChI is InChI=1S/C24H27N3O6S/c1-5-31-20-12-16(6-11-19(20)32-13-15(2)3)24(29)33-14-21-26-27-23(34-21)22(28)25-17-7-9-18(30-4)10-8-17/h6-12,15H,5,13-14H2,1-4H3,(H,25,28). The van der Waals surface area contributed by atoms with Crippen LogP contribution in [0.2, 0.25) is 0 Å². The van der Waals surface area contributed by atoms with Crippen molar-refractivity contribution in [2.45, 2.75) is 27.4 Å². The third-order valence-corrected chi connectivity index (χ3v) is 5.28. The number of carbonyl (C=O) groups excluding carboxylic acids is 2. The number of aromatic nitrogens is 2. The molecule has 9 nitrogen and oxygen atoms in total. The molecule has 0 bridgehead atoms. The highest BCUT2D eigenvalue weighted by molar-refractivity contribution is 7.13. The summed E-state index contributed by atoms with van der Waals surface area (Å²) in [5.74, 6) is 1.14. The summed E-state index contributed by atoms with van der Waals surface area (Å²) in [5, 5.41) is 11.1. The van der Waals surface area contributed by atoms with E-state index in [1.54, 1.807) is 49.6 Å².